The van der Waals surface area contributed by atoms with E-state index < -0.39 is 0 Å². The van der Waals surface area contributed by atoms with Crippen molar-refractivity contribution in [2.24, 2.45) is 0 Å². The van der Waals surface area contributed by atoms with Gasteiger partial charge >= 0.3 is 6.09 Å². The first-order valence-corrected chi connectivity index (χ1v) is 9.59. The van der Waals surface area contributed by atoms with Crippen LogP contribution in [0.25, 0.3) is 0 Å². The lowest BCUT2D eigenvalue weighted by Crippen LogP contribution is -2.55. The van der Waals surface area contributed by atoms with Crippen LogP contribution in [0.5, 0.6) is 0 Å². The van der Waals surface area contributed by atoms with Crippen molar-refractivity contribution in [1.29, 1.82) is 0 Å². The van der Waals surface area contributed by atoms with Gasteiger partial charge in [-0.1, -0.05) is 0 Å². The molecule has 0 aliphatic carbocycles. The average Bonchev–Trinajstić information content (AvgIpc) is 3.08. The number of amides is 1. The Kier molecular flexibility index (Phi) is 5.91. The van der Waals surface area contributed by atoms with Gasteiger partial charge in [0, 0.05) is 45.3 Å². The van der Waals surface area contributed by atoms with Crippen LogP contribution in [-0.2, 0) is 11.3 Å². The summed E-state index contributed by atoms with van der Waals surface area (Å²) in [5, 5.41) is 4.41. The zero-order valence-electron chi connectivity index (χ0n) is 13.9. The molecular weight excluding hydrogens is 310 g/mol. The largest absolute Gasteiger partial charge is 0.450 e. The fraction of sp³-hybridized carbons (Fsp3) is 0.706. The number of hydrogen-bond acceptors (Lipinski definition) is 5. The molecule has 0 saturated carbocycles. The maximum absolute atomic E-state index is 11.8. The van der Waals surface area contributed by atoms with E-state index in [-0.39, 0.29) is 6.09 Å². The van der Waals surface area contributed by atoms with E-state index in [4.69, 9.17) is 4.74 Å². The first-order chi connectivity index (χ1) is 11.3. The minimum absolute atomic E-state index is 0.158. The number of hydrogen-bond donors (Lipinski definition) is 0. The van der Waals surface area contributed by atoms with Gasteiger partial charge in [-0.15, -0.1) is 0 Å². The van der Waals surface area contributed by atoms with Crippen LogP contribution < -0.4 is 0 Å². The molecule has 1 aromatic rings. The van der Waals surface area contributed by atoms with E-state index >= 15 is 0 Å². The number of carbonyl (C=O) groups is 1. The molecule has 5 nitrogen and oxygen atoms in total. The van der Waals surface area contributed by atoms with Crippen LogP contribution in [0.15, 0.2) is 16.8 Å². The molecule has 2 aliphatic heterocycles. The summed E-state index contributed by atoms with van der Waals surface area (Å²) in [6.45, 7) is 9.26. The summed E-state index contributed by atoms with van der Waals surface area (Å²) in [6, 6.07) is 2.86. The Hall–Kier alpha value is -1.11. The molecule has 0 radical (unpaired) electrons. The highest BCUT2D eigenvalue weighted by Gasteiger charge is 2.29. The fourth-order valence-electron chi connectivity index (χ4n) is 3.60. The Morgan fingerprint density at radius 1 is 1.30 bits per heavy atom. The molecule has 6 heteroatoms. The van der Waals surface area contributed by atoms with Crippen molar-refractivity contribution in [3.63, 3.8) is 0 Å². The topological polar surface area (TPSA) is 36.0 Å². The van der Waals surface area contributed by atoms with Crippen molar-refractivity contribution in [1.82, 2.24) is 14.7 Å². The summed E-state index contributed by atoms with van der Waals surface area (Å²) in [7, 11) is 0. The predicted octanol–water partition coefficient (Wildman–Crippen LogP) is 2.49. The molecular formula is C17H27N3O2S. The van der Waals surface area contributed by atoms with Gasteiger partial charge in [0.2, 0.25) is 0 Å². The Labute approximate surface area is 142 Å². The summed E-state index contributed by atoms with van der Waals surface area (Å²) < 4.78 is 5.10. The van der Waals surface area contributed by atoms with Gasteiger partial charge in [-0.3, -0.25) is 9.80 Å². The maximum atomic E-state index is 11.8. The van der Waals surface area contributed by atoms with Crippen LogP contribution in [-0.4, -0.2) is 72.7 Å². The first-order valence-electron chi connectivity index (χ1n) is 8.65. The maximum Gasteiger partial charge on any atom is 0.409 e. The number of piperazine rings is 1. The van der Waals surface area contributed by atoms with E-state index in [1.54, 1.807) is 11.3 Å². The summed E-state index contributed by atoms with van der Waals surface area (Å²) in [5.41, 5.74) is 1.43. The Bertz CT molecular complexity index is 486. The van der Waals surface area contributed by atoms with Crippen molar-refractivity contribution in [3.8, 4) is 0 Å². The third-order valence-electron chi connectivity index (χ3n) is 4.82. The van der Waals surface area contributed by atoms with Gasteiger partial charge < -0.3 is 9.64 Å². The van der Waals surface area contributed by atoms with E-state index in [2.05, 4.69) is 26.6 Å². The van der Waals surface area contributed by atoms with Crippen molar-refractivity contribution < 1.29 is 9.53 Å². The zero-order valence-corrected chi connectivity index (χ0v) is 14.8. The zero-order chi connectivity index (χ0) is 16.1. The second kappa shape index (κ2) is 8.13. The van der Waals surface area contributed by atoms with Gasteiger partial charge in [0.25, 0.3) is 0 Å². The predicted molar refractivity (Wildman–Crippen MR) is 92.8 cm³/mol. The van der Waals surface area contributed by atoms with E-state index in [1.165, 1.54) is 24.9 Å². The monoisotopic (exact) mass is 337 g/mol. The molecule has 0 spiro atoms. The summed E-state index contributed by atoms with van der Waals surface area (Å²) in [5.74, 6) is 0. The Morgan fingerprint density at radius 2 is 2.13 bits per heavy atom. The van der Waals surface area contributed by atoms with Crippen molar-refractivity contribution in [2.75, 3.05) is 45.9 Å². The summed E-state index contributed by atoms with van der Waals surface area (Å²) in [4.78, 5) is 18.8. The van der Waals surface area contributed by atoms with Crippen LogP contribution in [0.1, 0.15) is 25.3 Å². The van der Waals surface area contributed by atoms with Crippen LogP contribution >= 0.6 is 11.3 Å². The number of likely N-dealkylation sites (tertiary alicyclic amines) is 1. The molecule has 23 heavy (non-hydrogen) atoms. The fourth-order valence-corrected chi connectivity index (χ4v) is 4.26. The van der Waals surface area contributed by atoms with Gasteiger partial charge in [-0.25, -0.2) is 4.79 Å². The molecule has 1 amide bonds. The minimum atomic E-state index is -0.158. The van der Waals surface area contributed by atoms with Gasteiger partial charge in [-0.2, -0.15) is 11.3 Å². The van der Waals surface area contributed by atoms with Crippen LogP contribution in [0.4, 0.5) is 4.79 Å². The molecule has 2 aliphatic rings. The smallest absolute Gasteiger partial charge is 0.409 e. The Balaban J connectivity index is 1.47. The molecule has 3 heterocycles. The van der Waals surface area contributed by atoms with E-state index in [1.807, 2.05) is 11.8 Å². The van der Waals surface area contributed by atoms with Crippen molar-refractivity contribution >= 4 is 17.4 Å². The van der Waals surface area contributed by atoms with Crippen molar-refractivity contribution in [3.05, 3.63) is 22.4 Å². The number of thiophene rings is 1. The first kappa shape index (κ1) is 16.7. The number of nitrogens with zero attached hydrogens (tertiary/aromatic N) is 3. The molecule has 128 valence electrons. The standard InChI is InChI=1S/C17H27N3O2S/c1-2-22-17(21)20-9-7-19(8-10-20)16-4-3-6-18(13-16)12-15-5-11-23-14-15/h5,11,14,16H,2-4,6-10,12-13H2,1H3. The quantitative estimate of drug-likeness (QED) is 0.846. The normalized spacial score (nSPS) is 23.9. The van der Waals surface area contributed by atoms with Crippen LogP contribution in [0, 0.1) is 0 Å². The lowest BCUT2D eigenvalue weighted by molar-refractivity contribution is 0.0413. The highest BCUT2D eigenvalue weighted by atomic mass is 32.1. The van der Waals surface area contributed by atoms with Gasteiger partial charge in [0.1, 0.15) is 0 Å². The lowest BCUT2D eigenvalue weighted by atomic mass is 10.0. The minimum Gasteiger partial charge on any atom is -0.450 e. The number of piperidine rings is 1. The molecule has 1 aromatic heterocycles. The molecule has 1 atom stereocenters. The molecule has 0 bridgehead atoms. The van der Waals surface area contributed by atoms with Crippen LogP contribution in [0.3, 0.4) is 0 Å². The summed E-state index contributed by atoms with van der Waals surface area (Å²) >= 11 is 1.78. The van der Waals surface area contributed by atoms with E-state index in [0.29, 0.717) is 12.6 Å². The molecule has 2 saturated heterocycles. The van der Waals surface area contributed by atoms with Gasteiger partial charge in [0.15, 0.2) is 0 Å². The molecule has 0 aromatic carbocycles. The third-order valence-corrected chi connectivity index (χ3v) is 5.56. The molecule has 2 fully saturated rings. The SMILES string of the molecule is CCOC(=O)N1CCN(C2CCCN(Cc3ccsc3)C2)CC1. The molecule has 0 N–H and O–H groups in total. The van der Waals surface area contributed by atoms with E-state index in [9.17, 15) is 4.79 Å². The number of ether oxygens (including phenoxy) is 1. The lowest BCUT2D eigenvalue weighted by Gasteiger charge is -2.43. The second-order valence-corrected chi connectivity index (χ2v) is 7.16. The average molecular weight is 337 g/mol. The van der Waals surface area contributed by atoms with Gasteiger partial charge in [-0.05, 0) is 48.7 Å². The number of carbonyl (C=O) groups excluding carboxylic acids is 1. The van der Waals surface area contributed by atoms with Gasteiger partial charge in [0.05, 0.1) is 6.61 Å². The third kappa shape index (κ3) is 4.46. The second-order valence-electron chi connectivity index (χ2n) is 6.38. The highest BCUT2D eigenvalue weighted by Crippen LogP contribution is 2.20. The molecule has 1 unspecified atom stereocenters. The number of rotatable bonds is 4. The highest BCUT2D eigenvalue weighted by molar-refractivity contribution is 7.07. The van der Waals surface area contributed by atoms with Crippen LogP contribution in [0.2, 0.25) is 0 Å². The summed E-state index contributed by atoms with van der Waals surface area (Å²) in [6.07, 6.45) is 2.39. The van der Waals surface area contributed by atoms with E-state index in [0.717, 1.165) is 39.3 Å². The molecule has 3 rings (SSSR count). The van der Waals surface area contributed by atoms with Crippen molar-refractivity contribution in [2.45, 2.75) is 32.4 Å². The Morgan fingerprint density at radius 3 is 2.83 bits per heavy atom.